The molecule has 0 aromatic heterocycles. The third-order valence-corrected chi connectivity index (χ3v) is 3.08. The van der Waals surface area contributed by atoms with Gasteiger partial charge < -0.3 is 0 Å². The SMILES string of the molecule is C=CCc1c[c]c(-c2ccc(F)cc2)c(CC=C)c1F. The van der Waals surface area contributed by atoms with Crippen LogP contribution in [-0.2, 0) is 12.8 Å². The summed E-state index contributed by atoms with van der Waals surface area (Å²) in [7, 11) is 0. The number of hydrogen-bond donors (Lipinski definition) is 0. The van der Waals surface area contributed by atoms with Gasteiger partial charge >= 0.3 is 0 Å². The van der Waals surface area contributed by atoms with Crippen molar-refractivity contribution in [3.63, 3.8) is 0 Å². The van der Waals surface area contributed by atoms with Gasteiger partial charge in [-0.25, -0.2) is 8.78 Å². The van der Waals surface area contributed by atoms with Crippen LogP contribution in [0.2, 0.25) is 0 Å². The molecule has 0 bridgehead atoms. The van der Waals surface area contributed by atoms with Crippen LogP contribution < -0.4 is 0 Å². The Labute approximate surface area is 118 Å². The molecule has 20 heavy (non-hydrogen) atoms. The zero-order valence-electron chi connectivity index (χ0n) is 11.1. The van der Waals surface area contributed by atoms with Gasteiger partial charge in [-0.2, -0.15) is 0 Å². The Morgan fingerprint density at radius 1 is 1.00 bits per heavy atom. The van der Waals surface area contributed by atoms with Crippen LogP contribution in [0.3, 0.4) is 0 Å². The van der Waals surface area contributed by atoms with Crippen molar-refractivity contribution in [1.29, 1.82) is 0 Å². The van der Waals surface area contributed by atoms with Crippen LogP contribution in [0.1, 0.15) is 11.1 Å². The van der Waals surface area contributed by atoms with E-state index >= 15 is 0 Å². The Bertz CT molecular complexity index is 625. The molecule has 0 aliphatic rings. The second-order valence-corrected chi connectivity index (χ2v) is 4.47. The average Bonchev–Trinajstić information content (AvgIpc) is 2.45. The molecule has 2 aromatic carbocycles. The lowest BCUT2D eigenvalue weighted by Gasteiger charge is -2.12. The fraction of sp³-hybridized carbons (Fsp3) is 0.111. The highest BCUT2D eigenvalue weighted by Crippen LogP contribution is 2.28. The van der Waals surface area contributed by atoms with Crippen molar-refractivity contribution in [2.24, 2.45) is 0 Å². The van der Waals surface area contributed by atoms with Crippen LogP contribution in [0, 0.1) is 17.7 Å². The fourth-order valence-electron chi connectivity index (χ4n) is 2.13. The summed E-state index contributed by atoms with van der Waals surface area (Å²) in [6.07, 6.45) is 4.16. The summed E-state index contributed by atoms with van der Waals surface area (Å²) in [4.78, 5) is 0. The van der Waals surface area contributed by atoms with E-state index in [2.05, 4.69) is 19.2 Å². The first kappa shape index (κ1) is 14.2. The molecule has 0 saturated heterocycles. The monoisotopic (exact) mass is 269 g/mol. The van der Waals surface area contributed by atoms with E-state index < -0.39 is 0 Å². The highest BCUT2D eigenvalue weighted by atomic mass is 19.1. The van der Waals surface area contributed by atoms with Gasteiger partial charge in [-0.3, -0.25) is 0 Å². The topological polar surface area (TPSA) is 0 Å². The van der Waals surface area contributed by atoms with E-state index in [4.69, 9.17) is 0 Å². The molecule has 0 atom stereocenters. The van der Waals surface area contributed by atoms with Gasteiger partial charge in [0.05, 0.1) is 0 Å². The third kappa shape index (κ3) is 2.85. The number of halogens is 2. The molecule has 2 rings (SSSR count). The Kier molecular flexibility index (Phi) is 4.46. The lowest BCUT2D eigenvalue weighted by molar-refractivity contribution is 0.602. The number of benzene rings is 2. The number of hydrogen-bond acceptors (Lipinski definition) is 0. The quantitative estimate of drug-likeness (QED) is 0.678. The van der Waals surface area contributed by atoms with Crippen molar-refractivity contribution in [1.82, 2.24) is 0 Å². The van der Waals surface area contributed by atoms with Crippen LogP contribution in [0.15, 0.2) is 55.6 Å². The van der Waals surface area contributed by atoms with Crippen LogP contribution >= 0.6 is 0 Å². The molecule has 0 fully saturated rings. The maximum absolute atomic E-state index is 14.5. The molecule has 0 saturated carbocycles. The largest absolute Gasteiger partial charge is 0.207 e. The molecule has 1 radical (unpaired) electrons. The van der Waals surface area contributed by atoms with Gasteiger partial charge in [0, 0.05) is 5.56 Å². The second-order valence-electron chi connectivity index (χ2n) is 4.47. The first-order chi connectivity index (χ1) is 9.67. The van der Waals surface area contributed by atoms with Crippen molar-refractivity contribution < 1.29 is 8.78 Å². The predicted molar refractivity (Wildman–Crippen MR) is 78.4 cm³/mol. The van der Waals surface area contributed by atoms with E-state index in [0.717, 1.165) is 5.56 Å². The predicted octanol–water partition coefficient (Wildman–Crippen LogP) is 4.89. The summed E-state index contributed by atoms with van der Waals surface area (Å²) in [5.74, 6) is -0.578. The van der Waals surface area contributed by atoms with Crippen molar-refractivity contribution in [2.75, 3.05) is 0 Å². The van der Waals surface area contributed by atoms with E-state index in [1.807, 2.05) is 0 Å². The van der Waals surface area contributed by atoms with Gasteiger partial charge in [-0.15, -0.1) is 13.2 Å². The van der Waals surface area contributed by atoms with E-state index in [-0.39, 0.29) is 11.6 Å². The van der Waals surface area contributed by atoms with Crippen LogP contribution in [0.25, 0.3) is 11.1 Å². The van der Waals surface area contributed by atoms with E-state index in [1.165, 1.54) is 12.1 Å². The minimum Gasteiger partial charge on any atom is -0.207 e. The average molecular weight is 269 g/mol. The van der Waals surface area contributed by atoms with Crippen LogP contribution in [0.5, 0.6) is 0 Å². The molecule has 0 heterocycles. The molecule has 0 nitrogen and oxygen atoms in total. The summed E-state index contributed by atoms with van der Waals surface area (Å²) in [5.41, 5.74) is 2.48. The van der Waals surface area contributed by atoms with Crippen LogP contribution in [0.4, 0.5) is 8.78 Å². The maximum Gasteiger partial charge on any atom is 0.130 e. The molecule has 0 spiro atoms. The van der Waals surface area contributed by atoms with Crippen molar-refractivity contribution in [3.8, 4) is 11.1 Å². The first-order valence-electron chi connectivity index (χ1n) is 6.37. The summed E-state index contributed by atoms with van der Waals surface area (Å²) >= 11 is 0. The second kappa shape index (κ2) is 6.29. The Morgan fingerprint density at radius 3 is 2.25 bits per heavy atom. The highest BCUT2D eigenvalue weighted by Gasteiger charge is 2.13. The lowest BCUT2D eigenvalue weighted by atomic mass is 9.94. The summed E-state index contributed by atoms with van der Waals surface area (Å²) in [6.45, 7) is 7.28. The molecule has 2 heteroatoms. The highest BCUT2D eigenvalue weighted by molar-refractivity contribution is 5.68. The van der Waals surface area contributed by atoms with Gasteiger partial charge in [-0.1, -0.05) is 24.3 Å². The van der Waals surface area contributed by atoms with Gasteiger partial charge in [0.2, 0.25) is 0 Å². The molecular formula is C18H15F2. The lowest BCUT2D eigenvalue weighted by Crippen LogP contribution is -1.99. The van der Waals surface area contributed by atoms with Gasteiger partial charge in [0.15, 0.2) is 0 Å². The van der Waals surface area contributed by atoms with Crippen molar-refractivity contribution >= 4 is 0 Å². The zero-order chi connectivity index (χ0) is 14.5. The minimum absolute atomic E-state index is 0.261. The normalized spacial score (nSPS) is 10.3. The zero-order valence-corrected chi connectivity index (χ0v) is 11.1. The van der Waals surface area contributed by atoms with Crippen LogP contribution in [-0.4, -0.2) is 0 Å². The maximum atomic E-state index is 14.5. The Hall–Kier alpha value is -2.22. The van der Waals surface area contributed by atoms with E-state index in [0.29, 0.717) is 29.5 Å². The van der Waals surface area contributed by atoms with Gasteiger partial charge in [-0.05, 0) is 53.8 Å². The molecule has 0 unspecified atom stereocenters. The first-order valence-corrected chi connectivity index (χ1v) is 6.37. The molecular weight excluding hydrogens is 254 g/mol. The van der Waals surface area contributed by atoms with Crippen molar-refractivity contribution in [2.45, 2.75) is 12.8 Å². The van der Waals surface area contributed by atoms with E-state index in [1.54, 1.807) is 30.4 Å². The fourth-order valence-corrected chi connectivity index (χ4v) is 2.13. The number of rotatable bonds is 5. The molecule has 0 aliphatic carbocycles. The molecule has 2 aromatic rings. The molecule has 0 N–H and O–H groups in total. The Balaban J connectivity index is 2.57. The molecule has 101 valence electrons. The van der Waals surface area contributed by atoms with Gasteiger partial charge in [0.1, 0.15) is 11.6 Å². The van der Waals surface area contributed by atoms with Gasteiger partial charge in [0.25, 0.3) is 0 Å². The number of allylic oxidation sites excluding steroid dienone is 2. The molecule has 0 aliphatic heterocycles. The smallest absolute Gasteiger partial charge is 0.130 e. The molecule has 0 amide bonds. The Morgan fingerprint density at radius 2 is 1.65 bits per heavy atom. The van der Waals surface area contributed by atoms with E-state index in [9.17, 15) is 8.78 Å². The summed E-state index contributed by atoms with van der Waals surface area (Å²) in [5, 5.41) is 0. The summed E-state index contributed by atoms with van der Waals surface area (Å²) in [6, 6.07) is 10.7. The standard InChI is InChI=1S/C18H15F2/c1-3-5-14-9-12-16(17(6-4-2)18(14)20)13-7-10-15(19)11-8-13/h3-4,7-11H,1-2,5-6H2. The van der Waals surface area contributed by atoms with Crippen molar-refractivity contribution in [3.05, 3.63) is 84.5 Å². The summed E-state index contributed by atoms with van der Waals surface area (Å²) < 4.78 is 27.5. The third-order valence-electron chi connectivity index (χ3n) is 3.08. The minimum atomic E-state index is -0.317.